The lowest BCUT2D eigenvalue weighted by atomic mass is 10.0. The summed E-state index contributed by atoms with van der Waals surface area (Å²) in [7, 11) is 0. The highest BCUT2D eigenvalue weighted by atomic mass is 16.2. The Kier molecular flexibility index (Phi) is 7.70. The first-order valence-electron chi connectivity index (χ1n) is 7.72. The smallest absolute Gasteiger partial charge is 0.299 e. The molecule has 0 unspecified atom stereocenters. The molecule has 0 spiro atoms. The molecule has 1 aromatic carbocycles. The van der Waals surface area contributed by atoms with Crippen molar-refractivity contribution in [2.24, 2.45) is 5.73 Å². The van der Waals surface area contributed by atoms with Crippen LogP contribution in [0.25, 0.3) is 0 Å². The molecule has 0 bridgehead atoms. The highest BCUT2D eigenvalue weighted by Crippen LogP contribution is 2.11. The molecule has 8 heteroatoms. The number of primary amides is 1. The van der Waals surface area contributed by atoms with Crippen LogP contribution in [0, 0.1) is 12.3 Å². The predicted octanol–water partition coefficient (Wildman–Crippen LogP) is -0.291. The number of hydrogen-bond acceptors (Lipinski definition) is 5. The molecule has 0 heterocycles. The van der Waals surface area contributed by atoms with Gasteiger partial charge in [0.1, 0.15) is 6.04 Å². The number of amides is 3. The van der Waals surface area contributed by atoms with Crippen molar-refractivity contribution in [3.05, 3.63) is 29.8 Å². The van der Waals surface area contributed by atoms with E-state index in [1.165, 1.54) is 12.1 Å². The average molecular weight is 357 g/mol. The molecular formula is C18H19N3O5. The van der Waals surface area contributed by atoms with E-state index in [2.05, 4.69) is 16.6 Å². The topological polar surface area (TPSA) is 135 Å². The number of hydrogen-bond donors (Lipinski definition) is 3. The molecule has 0 saturated carbocycles. The fourth-order valence-corrected chi connectivity index (χ4v) is 1.98. The second-order valence-electron chi connectivity index (χ2n) is 5.47. The van der Waals surface area contributed by atoms with Gasteiger partial charge in [0.2, 0.25) is 17.6 Å². The minimum Gasteiger partial charge on any atom is -0.368 e. The van der Waals surface area contributed by atoms with Crippen LogP contribution in [0.15, 0.2) is 24.3 Å². The van der Waals surface area contributed by atoms with E-state index in [0.717, 1.165) is 6.92 Å². The molecule has 0 radical (unpaired) electrons. The van der Waals surface area contributed by atoms with Crippen LogP contribution in [0.5, 0.6) is 0 Å². The van der Waals surface area contributed by atoms with Gasteiger partial charge in [-0.25, -0.2) is 0 Å². The van der Waals surface area contributed by atoms with Gasteiger partial charge in [0.15, 0.2) is 0 Å². The lowest BCUT2D eigenvalue weighted by Gasteiger charge is -2.15. The number of carbonyl (C=O) groups excluding carboxylic acids is 5. The van der Waals surface area contributed by atoms with Gasteiger partial charge in [-0.1, -0.05) is 12.1 Å². The Morgan fingerprint density at radius 2 is 1.77 bits per heavy atom. The number of carbonyl (C=O) groups is 5. The van der Waals surface area contributed by atoms with Crippen LogP contribution in [0.3, 0.4) is 0 Å². The largest absolute Gasteiger partial charge is 0.368 e. The van der Waals surface area contributed by atoms with Crippen molar-refractivity contribution in [3.63, 3.8) is 0 Å². The highest BCUT2D eigenvalue weighted by molar-refractivity contribution is 6.65. The quantitative estimate of drug-likeness (QED) is 0.317. The molecule has 1 atom stereocenters. The maximum absolute atomic E-state index is 11.7. The van der Waals surface area contributed by atoms with Crippen LogP contribution in [-0.4, -0.2) is 35.3 Å². The molecule has 26 heavy (non-hydrogen) atoms. The monoisotopic (exact) mass is 357 g/mol. The van der Waals surface area contributed by atoms with Gasteiger partial charge in [-0.15, -0.1) is 12.3 Å². The lowest BCUT2D eigenvalue weighted by molar-refractivity contribution is -0.142. The van der Waals surface area contributed by atoms with E-state index in [0.29, 0.717) is 11.3 Å². The molecule has 8 nitrogen and oxygen atoms in total. The van der Waals surface area contributed by atoms with Gasteiger partial charge in [0.05, 0.1) is 0 Å². The Hall–Kier alpha value is -3.47. The number of rotatable bonds is 9. The SMILES string of the molecule is C#CCCC(=O)N[C@@H](Cc1ccc(NC(=O)C(=O)C(C)=O)cc1)C(N)=O. The minimum absolute atomic E-state index is 0.0927. The normalized spacial score (nSPS) is 10.9. The molecule has 0 aliphatic carbocycles. The van der Waals surface area contributed by atoms with Crippen molar-refractivity contribution in [1.29, 1.82) is 0 Å². The summed E-state index contributed by atoms with van der Waals surface area (Å²) in [6.45, 7) is 1.01. The van der Waals surface area contributed by atoms with Crippen LogP contribution in [0.1, 0.15) is 25.3 Å². The fraction of sp³-hybridized carbons (Fsp3) is 0.278. The average Bonchev–Trinajstić information content (AvgIpc) is 2.59. The zero-order valence-corrected chi connectivity index (χ0v) is 14.2. The van der Waals surface area contributed by atoms with Crippen molar-refractivity contribution < 1.29 is 24.0 Å². The second kappa shape index (κ2) is 9.74. The maximum Gasteiger partial charge on any atom is 0.299 e. The molecule has 1 rings (SSSR count). The van der Waals surface area contributed by atoms with Crippen LogP contribution in [-0.2, 0) is 30.4 Å². The Bertz CT molecular complexity index is 762. The van der Waals surface area contributed by atoms with Gasteiger partial charge in [-0.3, -0.25) is 24.0 Å². The first kappa shape index (κ1) is 20.6. The third kappa shape index (κ3) is 6.57. The van der Waals surface area contributed by atoms with E-state index in [1.807, 2.05) is 0 Å². The van der Waals surface area contributed by atoms with Gasteiger partial charge in [-0.2, -0.15) is 0 Å². The van der Waals surface area contributed by atoms with Crippen molar-refractivity contribution in [2.75, 3.05) is 5.32 Å². The number of nitrogens with one attached hydrogen (secondary N) is 2. The number of benzene rings is 1. The molecule has 136 valence electrons. The summed E-state index contributed by atoms with van der Waals surface area (Å²) in [6, 6.07) is 5.28. The zero-order valence-electron chi connectivity index (χ0n) is 14.2. The van der Waals surface area contributed by atoms with Crippen molar-refractivity contribution in [1.82, 2.24) is 5.32 Å². The Morgan fingerprint density at radius 1 is 1.15 bits per heavy atom. The number of ketones is 2. The van der Waals surface area contributed by atoms with Gasteiger partial charge >= 0.3 is 0 Å². The van der Waals surface area contributed by atoms with E-state index in [1.54, 1.807) is 12.1 Å². The van der Waals surface area contributed by atoms with Gasteiger partial charge in [0.25, 0.3) is 11.7 Å². The Balaban J connectivity index is 2.71. The summed E-state index contributed by atoms with van der Waals surface area (Å²) < 4.78 is 0. The molecule has 3 amide bonds. The van der Waals surface area contributed by atoms with Gasteiger partial charge < -0.3 is 16.4 Å². The van der Waals surface area contributed by atoms with E-state index in [9.17, 15) is 24.0 Å². The summed E-state index contributed by atoms with van der Waals surface area (Å²) >= 11 is 0. The van der Waals surface area contributed by atoms with Gasteiger partial charge in [0, 0.05) is 31.9 Å². The first-order valence-corrected chi connectivity index (χ1v) is 7.72. The van der Waals surface area contributed by atoms with E-state index >= 15 is 0 Å². The van der Waals surface area contributed by atoms with Crippen LogP contribution in [0.2, 0.25) is 0 Å². The summed E-state index contributed by atoms with van der Waals surface area (Å²) in [5, 5.41) is 4.81. The molecule has 0 aliphatic rings. The fourth-order valence-electron chi connectivity index (χ4n) is 1.98. The lowest BCUT2D eigenvalue weighted by Crippen LogP contribution is -2.45. The third-order valence-electron chi connectivity index (χ3n) is 3.35. The molecule has 4 N–H and O–H groups in total. The number of nitrogens with two attached hydrogens (primary N) is 1. The minimum atomic E-state index is -1.14. The molecule has 1 aromatic rings. The number of Topliss-reactive ketones (excluding diaryl/α,β-unsaturated/α-hetero) is 2. The van der Waals surface area contributed by atoms with Crippen LogP contribution < -0.4 is 16.4 Å². The van der Waals surface area contributed by atoms with Gasteiger partial charge in [-0.05, 0) is 17.7 Å². The summed E-state index contributed by atoms with van der Waals surface area (Å²) in [4.78, 5) is 56.8. The van der Waals surface area contributed by atoms with E-state index in [4.69, 9.17) is 12.2 Å². The predicted molar refractivity (Wildman–Crippen MR) is 93.7 cm³/mol. The summed E-state index contributed by atoms with van der Waals surface area (Å²) in [5.41, 5.74) is 6.27. The number of anilines is 1. The third-order valence-corrected chi connectivity index (χ3v) is 3.35. The maximum atomic E-state index is 11.7. The molecular weight excluding hydrogens is 338 g/mol. The highest BCUT2D eigenvalue weighted by Gasteiger charge is 2.20. The molecule has 0 saturated heterocycles. The first-order chi connectivity index (χ1) is 12.2. The van der Waals surface area contributed by atoms with Crippen molar-refractivity contribution in [3.8, 4) is 12.3 Å². The van der Waals surface area contributed by atoms with E-state index in [-0.39, 0.29) is 25.2 Å². The zero-order chi connectivity index (χ0) is 19.7. The summed E-state index contributed by atoms with van der Waals surface area (Å²) in [6.07, 6.45) is 5.58. The number of terminal acetylenes is 1. The second-order valence-corrected chi connectivity index (χ2v) is 5.47. The van der Waals surface area contributed by atoms with Crippen LogP contribution >= 0.6 is 0 Å². The van der Waals surface area contributed by atoms with Crippen molar-refractivity contribution in [2.45, 2.75) is 32.2 Å². The van der Waals surface area contributed by atoms with Crippen molar-refractivity contribution >= 4 is 35.0 Å². The molecule has 0 fully saturated rings. The van der Waals surface area contributed by atoms with Crippen LogP contribution in [0.4, 0.5) is 5.69 Å². The standard InChI is InChI=1S/C18H19N3O5/c1-3-4-5-15(23)21-14(17(19)25)10-12-6-8-13(9-7-12)20-18(26)16(24)11(2)22/h1,6-9,14H,4-5,10H2,2H3,(H2,19,25)(H,20,26)(H,21,23)/t14-/m0/s1. The Labute approximate surface area is 150 Å². The molecule has 0 aliphatic heterocycles. The summed E-state index contributed by atoms with van der Waals surface area (Å²) in [5.74, 6) is -1.76. The van der Waals surface area contributed by atoms with E-state index < -0.39 is 29.4 Å². The molecule has 0 aromatic heterocycles. The Morgan fingerprint density at radius 3 is 2.27 bits per heavy atom.